The number of phenolic OH excluding ortho intramolecular Hbond substituents is 3. The molecule has 0 bridgehead atoms. The van der Waals surface area contributed by atoms with Crippen molar-refractivity contribution in [1.29, 1.82) is 0 Å². The zero-order valence-corrected chi connectivity index (χ0v) is 24.7. The Morgan fingerprint density at radius 3 is 2.50 bits per heavy atom. The van der Waals surface area contributed by atoms with Crippen LogP contribution in [0.2, 0.25) is 0 Å². The number of aromatic nitrogens is 1. The van der Waals surface area contributed by atoms with Gasteiger partial charge in [0, 0.05) is 41.4 Å². The van der Waals surface area contributed by atoms with Gasteiger partial charge in [-0.3, -0.25) is 9.59 Å². The minimum absolute atomic E-state index is 0.0124. The number of phenols is 3. The van der Waals surface area contributed by atoms with E-state index in [2.05, 4.69) is 10.5 Å². The van der Waals surface area contributed by atoms with Gasteiger partial charge in [-0.15, -0.1) is 0 Å². The molecule has 2 unspecified atom stereocenters. The molecule has 2 atom stereocenters. The fourth-order valence-corrected chi connectivity index (χ4v) is 6.01. The monoisotopic (exact) mass is 626 g/mol. The average molecular weight is 627 g/mol. The fourth-order valence-electron chi connectivity index (χ4n) is 6.01. The Hall–Kier alpha value is -5.65. The van der Waals surface area contributed by atoms with Gasteiger partial charge in [-0.2, -0.15) is 0 Å². The number of benzene rings is 3. The zero-order valence-electron chi connectivity index (χ0n) is 24.7. The number of hydrogen-bond donors (Lipinski definition) is 4. The quantitative estimate of drug-likeness (QED) is 0.177. The van der Waals surface area contributed by atoms with Crippen LogP contribution in [0, 0.1) is 0 Å². The smallest absolute Gasteiger partial charge is 0.290 e. The van der Waals surface area contributed by atoms with E-state index in [0.717, 1.165) is 38.2 Å². The molecule has 1 aliphatic heterocycles. The number of carbonyl (C=O) groups excluding carboxylic acids is 1. The molecular weight excluding hydrogens is 596 g/mol. The van der Waals surface area contributed by atoms with Crippen molar-refractivity contribution in [2.45, 2.75) is 50.4 Å². The highest BCUT2D eigenvalue weighted by atomic mass is 16.6. The molecule has 1 aliphatic carbocycles. The molecule has 0 spiro atoms. The van der Waals surface area contributed by atoms with Crippen LogP contribution >= 0.6 is 0 Å². The van der Waals surface area contributed by atoms with Gasteiger partial charge in [0.25, 0.3) is 5.91 Å². The van der Waals surface area contributed by atoms with Gasteiger partial charge < -0.3 is 43.8 Å². The maximum Gasteiger partial charge on any atom is 0.290 e. The highest BCUT2D eigenvalue weighted by Gasteiger charge is 2.38. The van der Waals surface area contributed by atoms with E-state index in [1.54, 1.807) is 30.3 Å². The summed E-state index contributed by atoms with van der Waals surface area (Å²) in [5.41, 5.74) is 0.883. The number of aromatic hydroxyl groups is 3. The van der Waals surface area contributed by atoms with Crippen LogP contribution in [-0.4, -0.2) is 39.5 Å². The van der Waals surface area contributed by atoms with Gasteiger partial charge >= 0.3 is 0 Å². The van der Waals surface area contributed by atoms with Gasteiger partial charge in [-0.05, 0) is 43.2 Å². The maximum atomic E-state index is 13.0. The van der Waals surface area contributed by atoms with Crippen molar-refractivity contribution < 1.29 is 43.3 Å². The minimum atomic E-state index is -0.864. The van der Waals surface area contributed by atoms with Crippen molar-refractivity contribution in [3.05, 3.63) is 87.9 Å². The van der Waals surface area contributed by atoms with Gasteiger partial charge in [0.1, 0.15) is 33.9 Å². The molecule has 3 aromatic carbocycles. The summed E-state index contributed by atoms with van der Waals surface area (Å²) in [4.78, 5) is 25.8. The summed E-state index contributed by atoms with van der Waals surface area (Å²) in [5, 5.41) is 37.4. The average Bonchev–Trinajstić information content (AvgIpc) is 3.55. The summed E-state index contributed by atoms with van der Waals surface area (Å²) >= 11 is 0. The molecule has 5 aromatic rings. The third kappa shape index (κ3) is 5.42. The number of carbonyl (C=O) groups is 1. The molecule has 1 amide bonds. The molecule has 0 saturated heterocycles. The molecule has 236 valence electrons. The zero-order chi connectivity index (χ0) is 31.9. The van der Waals surface area contributed by atoms with E-state index in [1.807, 2.05) is 0 Å². The summed E-state index contributed by atoms with van der Waals surface area (Å²) in [6, 6.07) is 14.9. The molecule has 3 heterocycles. The summed E-state index contributed by atoms with van der Waals surface area (Å²) in [7, 11) is 1.43. The van der Waals surface area contributed by atoms with E-state index >= 15 is 0 Å². The Labute approximate surface area is 261 Å². The predicted molar refractivity (Wildman–Crippen MR) is 163 cm³/mol. The first-order valence-electron chi connectivity index (χ1n) is 14.9. The first kappa shape index (κ1) is 29.1. The van der Waals surface area contributed by atoms with Gasteiger partial charge in [-0.1, -0.05) is 30.5 Å². The van der Waals surface area contributed by atoms with Crippen molar-refractivity contribution in [2.75, 3.05) is 7.11 Å². The second-order valence-corrected chi connectivity index (χ2v) is 11.4. The summed E-state index contributed by atoms with van der Waals surface area (Å²) < 4.78 is 29.6. The van der Waals surface area contributed by atoms with Crippen LogP contribution in [0.3, 0.4) is 0 Å². The lowest BCUT2D eigenvalue weighted by Crippen LogP contribution is -2.36. The molecule has 1 fully saturated rings. The van der Waals surface area contributed by atoms with Crippen LogP contribution in [0.25, 0.3) is 22.3 Å². The molecule has 2 aromatic heterocycles. The Bertz CT molecular complexity index is 2010. The Kier molecular flexibility index (Phi) is 7.39. The second kappa shape index (κ2) is 11.7. The number of nitrogens with one attached hydrogen (secondary N) is 1. The van der Waals surface area contributed by atoms with Crippen molar-refractivity contribution in [3.8, 4) is 45.8 Å². The molecule has 12 nitrogen and oxygen atoms in total. The van der Waals surface area contributed by atoms with Gasteiger partial charge in [-0.25, -0.2) is 0 Å². The number of methoxy groups -OCH3 is 1. The molecular formula is C34H30N2O10. The number of amides is 1. The molecule has 0 radical (unpaired) electrons. The third-order valence-corrected chi connectivity index (χ3v) is 8.32. The highest BCUT2D eigenvalue weighted by Crippen LogP contribution is 2.48. The first-order valence-corrected chi connectivity index (χ1v) is 14.9. The topological polar surface area (TPSA) is 174 Å². The summed E-state index contributed by atoms with van der Waals surface area (Å²) in [6.45, 7) is 0. The Morgan fingerprint density at radius 1 is 0.891 bits per heavy atom. The minimum Gasteiger partial charge on any atom is -0.508 e. The van der Waals surface area contributed by atoms with E-state index in [9.17, 15) is 24.9 Å². The number of rotatable bonds is 6. The van der Waals surface area contributed by atoms with Crippen LogP contribution in [0.15, 0.2) is 74.4 Å². The van der Waals surface area contributed by atoms with E-state index in [-0.39, 0.29) is 51.7 Å². The van der Waals surface area contributed by atoms with Crippen molar-refractivity contribution >= 4 is 16.9 Å². The summed E-state index contributed by atoms with van der Waals surface area (Å²) in [6.07, 6.45) is 3.44. The molecule has 12 heteroatoms. The van der Waals surface area contributed by atoms with E-state index in [0.29, 0.717) is 28.3 Å². The van der Waals surface area contributed by atoms with Crippen LogP contribution in [0.5, 0.6) is 34.5 Å². The van der Waals surface area contributed by atoms with Crippen molar-refractivity contribution in [2.24, 2.45) is 0 Å². The third-order valence-electron chi connectivity index (χ3n) is 8.32. The van der Waals surface area contributed by atoms with Crippen LogP contribution in [-0.2, 0) is 0 Å². The molecule has 46 heavy (non-hydrogen) atoms. The largest absolute Gasteiger partial charge is 0.508 e. The lowest BCUT2D eigenvalue weighted by atomic mass is 9.95. The van der Waals surface area contributed by atoms with Gasteiger partial charge in [0.05, 0.1) is 7.11 Å². The highest BCUT2D eigenvalue weighted by molar-refractivity contribution is 5.91. The first-order chi connectivity index (χ1) is 22.3. The van der Waals surface area contributed by atoms with Crippen LogP contribution < -0.4 is 25.0 Å². The maximum absolute atomic E-state index is 13.0. The summed E-state index contributed by atoms with van der Waals surface area (Å²) in [5.74, 6) is 0.0431. The Morgan fingerprint density at radius 2 is 1.70 bits per heavy atom. The van der Waals surface area contributed by atoms with Crippen LogP contribution in [0.1, 0.15) is 66.1 Å². The van der Waals surface area contributed by atoms with E-state index < -0.39 is 23.4 Å². The number of ether oxygens (including phenoxy) is 3. The Balaban J connectivity index is 1.24. The van der Waals surface area contributed by atoms with Gasteiger partial charge in [0.2, 0.25) is 5.76 Å². The predicted octanol–water partition coefficient (Wildman–Crippen LogP) is 5.89. The lowest BCUT2D eigenvalue weighted by molar-refractivity contribution is 0.0142. The lowest BCUT2D eigenvalue weighted by Gasteiger charge is -2.33. The fraction of sp³-hybridized carbons (Fsp3) is 0.265. The van der Waals surface area contributed by atoms with Gasteiger partial charge in [0.15, 0.2) is 40.6 Å². The van der Waals surface area contributed by atoms with Crippen LogP contribution in [0.4, 0.5) is 0 Å². The standard InChI is InChI=1S/C34H30N2O10/c1-42-27-12-18(7-9-22(27)38)32-33(21-15-30(46-36-21)34(41)35-19-5-3-2-4-6-19)44-25-10-8-17(11-28(25)45-32)26-16-24(40)31-23(39)13-20(37)14-29(31)43-26/h7-16,19,32-33,37-39H,2-6H2,1H3,(H,35,41). The van der Waals surface area contributed by atoms with Crippen molar-refractivity contribution in [1.82, 2.24) is 10.5 Å². The normalized spacial score (nSPS) is 17.9. The van der Waals surface area contributed by atoms with E-state index in [4.69, 9.17) is 23.2 Å². The number of nitrogens with zero attached hydrogens (tertiary/aromatic N) is 1. The number of fused-ring (bicyclic) bond motifs is 2. The van der Waals surface area contributed by atoms with E-state index in [1.165, 1.54) is 31.4 Å². The number of hydrogen-bond acceptors (Lipinski definition) is 11. The second-order valence-electron chi connectivity index (χ2n) is 11.4. The molecule has 4 N–H and O–H groups in total. The van der Waals surface area contributed by atoms with Crippen molar-refractivity contribution in [3.63, 3.8) is 0 Å². The molecule has 2 aliphatic rings. The molecule has 1 saturated carbocycles. The SMILES string of the molecule is COc1cc(C2Oc3cc(-c4cc(=O)c5c(O)cc(O)cc5o4)ccc3OC2c2cc(C(=O)NC3CCCCC3)on2)ccc1O. The molecule has 7 rings (SSSR count).